The number of rotatable bonds is 5. The third-order valence-electron chi connectivity index (χ3n) is 2.17. The molecule has 2 heteroatoms. The van der Waals surface area contributed by atoms with Crippen molar-refractivity contribution in [1.82, 2.24) is 0 Å². The zero-order valence-electron chi connectivity index (χ0n) is 9.45. The van der Waals surface area contributed by atoms with Crippen LogP contribution in [-0.2, 0) is 4.18 Å². The summed E-state index contributed by atoms with van der Waals surface area (Å²) >= 11 is 1.40. The molecule has 0 unspecified atom stereocenters. The molecular formula is C15H14OS. The lowest BCUT2D eigenvalue weighted by Gasteiger charge is -1.98. The molecule has 0 saturated carbocycles. The predicted octanol–water partition coefficient (Wildman–Crippen LogP) is 4.42. The quantitative estimate of drug-likeness (QED) is 0.567. The van der Waals surface area contributed by atoms with Crippen LogP contribution in [0.1, 0.15) is 5.56 Å². The maximum atomic E-state index is 5.47. The molecule has 2 aromatic carbocycles. The van der Waals surface area contributed by atoms with Crippen LogP contribution in [0.3, 0.4) is 0 Å². The van der Waals surface area contributed by atoms with Gasteiger partial charge in [0.15, 0.2) is 0 Å². The van der Waals surface area contributed by atoms with Gasteiger partial charge >= 0.3 is 0 Å². The first-order chi connectivity index (χ1) is 8.45. The molecule has 0 aliphatic carbocycles. The smallest absolute Gasteiger partial charge is 0.0803 e. The molecule has 2 rings (SSSR count). The van der Waals surface area contributed by atoms with Gasteiger partial charge in [0.25, 0.3) is 0 Å². The Labute approximate surface area is 106 Å². The van der Waals surface area contributed by atoms with E-state index in [0.29, 0.717) is 6.61 Å². The van der Waals surface area contributed by atoms with Gasteiger partial charge in [0.1, 0.15) is 0 Å². The van der Waals surface area contributed by atoms with E-state index in [2.05, 4.69) is 18.2 Å². The normalized spacial score (nSPS) is 10.8. The van der Waals surface area contributed by atoms with E-state index in [1.807, 2.05) is 54.6 Å². The predicted molar refractivity (Wildman–Crippen MR) is 73.7 cm³/mol. The standard InChI is InChI=1S/C15H14OS/c1-3-8-14(9-4-1)10-7-13-16-17-15-11-5-2-6-12-15/h1-12H,13H2. The maximum absolute atomic E-state index is 5.47. The Morgan fingerprint density at radius 1 is 0.882 bits per heavy atom. The number of hydrogen-bond acceptors (Lipinski definition) is 2. The van der Waals surface area contributed by atoms with Crippen LogP contribution in [0.2, 0.25) is 0 Å². The molecule has 0 aliphatic rings. The molecule has 0 spiro atoms. The Hall–Kier alpha value is -1.51. The van der Waals surface area contributed by atoms with Crippen molar-refractivity contribution in [2.24, 2.45) is 0 Å². The number of hydrogen-bond donors (Lipinski definition) is 0. The average molecular weight is 242 g/mol. The molecule has 17 heavy (non-hydrogen) atoms. The third-order valence-corrected chi connectivity index (χ3v) is 2.89. The summed E-state index contributed by atoms with van der Waals surface area (Å²) in [5.41, 5.74) is 1.20. The van der Waals surface area contributed by atoms with Crippen LogP contribution in [0.15, 0.2) is 71.6 Å². The summed E-state index contributed by atoms with van der Waals surface area (Å²) in [6.45, 7) is 0.606. The molecule has 0 atom stereocenters. The summed E-state index contributed by atoms with van der Waals surface area (Å²) in [7, 11) is 0. The summed E-state index contributed by atoms with van der Waals surface area (Å²) in [4.78, 5) is 1.13. The van der Waals surface area contributed by atoms with Crippen LogP contribution in [-0.4, -0.2) is 6.61 Å². The highest BCUT2D eigenvalue weighted by atomic mass is 32.2. The molecule has 0 bridgehead atoms. The lowest BCUT2D eigenvalue weighted by Crippen LogP contribution is -1.80. The fraction of sp³-hybridized carbons (Fsp3) is 0.0667. The van der Waals surface area contributed by atoms with Gasteiger partial charge < -0.3 is 4.18 Å². The number of benzene rings is 2. The van der Waals surface area contributed by atoms with Crippen molar-refractivity contribution in [3.05, 3.63) is 72.3 Å². The van der Waals surface area contributed by atoms with E-state index >= 15 is 0 Å². The van der Waals surface area contributed by atoms with Crippen molar-refractivity contribution in [3.63, 3.8) is 0 Å². The van der Waals surface area contributed by atoms with Gasteiger partial charge in [-0.3, -0.25) is 0 Å². The van der Waals surface area contributed by atoms with E-state index in [1.165, 1.54) is 17.6 Å². The molecular weight excluding hydrogens is 228 g/mol. The lowest BCUT2D eigenvalue weighted by molar-refractivity contribution is 0.429. The SMILES string of the molecule is C(=Cc1ccccc1)COSc1ccccc1. The topological polar surface area (TPSA) is 9.23 Å². The van der Waals surface area contributed by atoms with E-state index in [-0.39, 0.29) is 0 Å². The molecule has 0 N–H and O–H groups in total. The van der Waals surface area contributed by atoms with E-state index in [9.17, 15) is 0 Å². The molecule has 0 fully saturated rings. The van der Waals surface area contributed by atoms with Crippen LogP contribution >= 0.6 is 12.0 Å². The molecule has 2 aromatic rings. The first-order valence-corrected chi connectivity index (χ1v) is 6.25. The second-order valence-electron chi connectivity index (χ2n) is 3.49. The Morgan fingerprint density at radius 2 is 1.53 bits per heavy atom. The molecule has 0 aliphatic heterocycles. The highest BCUT2D eigenvalue weighted by molar-refractivity contribution is 7.94. The van der Waals surface area contributed by atoms with E-state index in [1.54, 1.807) is 0 Å². The second-order valence-corrected chi connectivity index (χ2v) is 4.37. The molecule has 0 saturated heterocycles. The first kappa shape index (κ1) is 12.0. The highest BCUT2D eigenvalue weighted by Gasteiger charge is 1.90. The minimum absolute atomic E-state index is 0.606. The summed E-state index contributed by atoms with van der Waals surface area (Å²) in [5, 5.41) is 0. The zero-order valence-corrected chi connectivity index (χ0v) is 10.3. The van der Waals surface area contributed by atoms with Crippen LogP contribution in [0, 0.1) is 0 Å². The molecule has 0 heterocycles. The monoisotopic (exact) mass is 242 g/mol. The van der Waals surface area contributed by atoms with Gasteiger partial charge in [-0.25, -0.2) is 0 Å². The Bertz CT molecular complexity index is 451. The van der Waals surface area contributed by atoms with Crippen molar-refractivity contribution in [3.8, 4) is 0 Å². The fourth-order valence-corrected chi connectivity index (χ4v) is 1.92. The van der Waals surface area contributed by atoms with E-state index < -0.39 is 0 Å². The van der Waals surface area contributed by atoms with Gasteiger partial charge in [-0.2, -0.15) is 0 Å². The van der Waals surface area contributed by atoms with E-state index in [4.69, 9.17) is 4.18 Å². The van der Waals surface area contributed by atoms with Crippen molar-refractivity contribution in [2.45, 2.75) is 4.90 Å². The third kappa shape index (κ3) is 4.47. The van der Waals surface area contributed by atoms with Crippen LogP contribution in [0.5, 0.6) is 0 Å². The van der Waals surface area contributed by atoms with Crippen molar-refractivity contribution >= 4 is 18.1 Å². The van der Waals surface area contributed by atoms with Gasteiger partial charge in [0.05, 0.1) is 6.61 Å². The highest BCUT2D eigenvalue weighted by Crippen LogP contribution is 2.17. The fourth-order valence-electron chi connectivity index (χ4n) is 1.37. The largest absolute Gasteiger partial charge is 0.306 e. The zero-order chi connectivity index (χ0) is 11.8. The summed E-state index contributed by atoms with van der Waals surface area (Å²) in [6, 6.07) is 20.3. The minimum atomic E-state index is 0.606. The van der Waals surface area contributed by atoms with Crippen LogP contribution < -0.4 is 0 Å². The average Bonchev–Trinajstić information content (AvgIpc) is 2.41. The molecule has 0 amide bonds. The lowest BCUT2D eigenvalue weighted by atomic mass is 10.2. The molecule has 0 aromatic heterocycles. The first-order valence-electron chi connectivity index (χ1n) is 5.51. The van der Waals surface area contributed by atoms with Crippen LogP contribution in [0.25, 0.3) is 6.08 Å². The van der Waals surface area contributed by atoms with Gasteiger partial charge in [-0.05, 0) is 17.7 Å². The van der Waals surface area contributed by atoms with Gasteiger partial charge in [0.2, 0.25) is 0 Å². The summed E-state index contributed by atoms with van der Waals surface area (Å²) in [6.07, 6.45) is 4.08. The minimum Gasteiger partial charge on any atom is -0.306 e. The summed E-state index contributed by atoms with van der Waals surface area (Å²) < 4.78 is 5.47. The van der Waals surface area contributed by atoms with Gasteiger partial charge in [-0.15, -0.1) is 0 Å². The van der Waals surface area contributed by atoms with Gasteiger partial charge in [-0.1, -0.05) is 60.7 Å². The Kier molecular flexibility index (Phi) is 4.88. The second kappa shape index (κ2) is 6.94. The molecule has 1 nitrogen and oxygen atoms in total. The van der Waals surface area contributed by atoms with Crippen molar-refractivity contribution < 1.29 is 4.18 Å². The summed E-state index contributed by atoms with van der Waals surface area (Å²) in [5.74, 6) is 0. The molecule has 0 radical (unpaired) electrons. The van der Waals surface area contributed by atoms with E-state index in [0.717, 1.165) is 4.90 Å². The van der Waals surface area contributed by atoms with Crippen molar-refractivity contribution in [2.75, 3.05) is 6.61 Å². The Morgan fingerprint density at radius 3 is 2.24 bits per heavy atom. The van der Waals surface area contributed by atoms with Gasteiger partial charge in [0, 0.05) is 16.9 Å². The Balaban J connectivity index is 1.72. The maximum Gasteiger partial charge on any atom is 0.0803 e. The van der Waals surface area contributed by atoms with Crippen LogP contribution in [0.4, 0.5) is 0 Å². The van der Waals surface area contributed by atoms with Crippen molar-refractivity contribution in [1.29, 1.82) is 0 Å². The molecule has 86 valence electrons.